The van der Waals surface area contributed by atoms with Gasteiger partial charge >= 0.3 is 0 Å². The Morgan fingerprint density at radius 3 is 2.12 bits per heavy atom. The minimum absolute atomic E-state index is 0.0473. The van der Waals surface area contributed by atoms with Crippen LogP contribution in [0.15, 0.2) is 48.5 Å². The number of nitrogens with one attached hydrogen (secondary N) is 1. The summed E-state index contributed by atoms with van der Waals surface area (Å²) in [7, 11) is 0. The van der Waals surface area contributed by atoms with Crippen LogP contribution in [0.2, 0.25) is 0 Å². The molecule has 0 aliphatic carbocycles. The van der Waals surface area contributed by atoms with Crippen LogP contribution < -0.4 is 10.2 Å². The van der Waals surface area contributed by atoms with Crippen molar-refractivity contribution < 1.29 is 14.4 Å². The third-order valence-electron chi connectivity index (χ3n) is 4.12. The van der Waals surface area contributed by atoms with Crippen molar-refractivity contribution in [1.29, 1.82) is 0 Å². The molecule has 26 heavy (non-hydrogen) atoms. The van der Waals surface area contributed by atoms with Crippen LogP contribution >= 0.6 is 0 Å². The van der Waals surface area contributed by atoms with Crippen LogP contribution in [0.1, 0.15) is 49.5 Å². The molecule has 1 N–H and O–H groups in total. The molecule has 0 fully saturated rings. The summed E-state index contributed by atoms with van der Waals surface area (Å²) in [5, 5.41) is 2.89. The molecule has 2 aromatic carbocycles. The van der Waals surface area contributed by atoms with E-state index in [0.717, 1.165) is 11.3 Å². The molecule has 0 aliphatic rings. The van der Waals surface area contributed by atoms with Crippen LogP contribution in [-0.2, 0) is 9.59 Å². The van der Waals surface area contributed by atoms with Gasteiger partial charge in [0.1, 0.15) is 6.54 Å². The molecule has 0 radical (unpaired) electrons. The topological polar surface area (TPSA) is 66.5 Å². The highest BCUT2D eigenvalue weighted by Crippen LogP contribution is 2.24. The Kier molecular flexibility index (Phi) is 6.28. The second-order valence-electron chi connectivity index (χ2n) is 6.50. The third-order valence-corrected chi connectivity index (χ3v) is 4.12. The first-order valence-corrected chi connectivity index (χ1v) is 8.57. The zero-order valence-electron chi connectivity index (χ0n) is 15.6. The molecule has 5 heteroatoms. The summed E-state index contributed by atoms with van der Waals surface area (Å²) in [5.41, 5.74) is 2.94. The third kappa shape index (κ3) is 4.79. The lowest BCUT2D eigenvalue weighted by molar-refractivity contribution is -0.120. The highest BCUT2D eigenvalue weighted by atomic mass is 16.2. The van der Waals surface area contributed by atoms with Gasteiger partial charge in [-0.15, -0.1) is 0 Å². The van der Waals surface area contributed by atoms with E-state index in [-0.39, 0.29) is 30.1 Å². The summed E-state index contributed by atoms with van der Waals surface area (Å²) in [4.78, 5) is 37.3. The van der Waals surface area contributed by atoms with Crippen LogP contribution in [0.4, 0.5) is 11.4 Å². The van der Waals surface area contributed by atoms with Gasteiger partial charge in [-0.2, -0.15) is 0 Å². The lowest BCUT2D eigenvalue weighted by Crippen LogP contribution is -2.36. The first kappa shape index (κ1) is 19.4. The fourth-order valence-electron chi connectivity index (χ4n) is 2.71. The van der Waals surface area contributed by atoms with Crippen LogP contribution in [-0.4, -0.2) is 24.1 Å². The minimum Gasteiger partial charge on any atom is -0.324 e. The summed E-state index contributed by atoms with van der Waals surface area (Å²) in [6, 6.07) is 14.3. The second kappa shape index (κ2) is 8.43. The second-order valence-corrected chi connectivity index (χ2v) is 6.50. The fourth-order valence-corrected chi connectivity index (χ4v) is 2.71. The standard InChI is InChI=1S/C21H24N2O3/c1-14(2)19-7-5-6-8-20(19)22-21(26)13-23(16(4)25)18-11-9-17(10-12-18)15(3)24/h5-12,14H,13H2,1-4H3,(H,22,26). The van der Waals surface area contributed by atoms with Gasteiger partial charge in [-0.05, 0) is 48.7 Å². The maximum Gasteiger partial charge on any atom is 0.244 e. The van der Waals surface area contributed by atoms with Crippen molar-refractivity contribution >= 4 is 29.0 Å². The maximum atomic E-state index is 12.5. The molecule has 2 amide bonds. The Bertz CT molecular complexity index is 810. The molecule has 0 heterocycles. The van der Waals surface area contributed by atoms with Gasteiger partial charge in [-0.1, -0.05) is 32.0 Å². The van der Waals surface area contributed by atoms with E-state index in [2.05, 4.69) is 19.2 Å². The molecular weight excluding hydrogens is 328 g/mol. The van der Waals surface area contributed by atoms with Gasteiger partial charge < -0.3 is 10.2 Å². The number of hydrogen-bond donors (Lipinski definition) is 1. The number of rotatable bonds is 6. The molecule has 0 aliphatic heterocycles. The Labute approximate surface area is 154 Å². The SMILES string of the molecule is CC(=O)c1ccc(N(CC(=O)Nc2ccccc2C(C)C)C(C)=O)cc1. The first-order valence-electron chi connectivity index (χ1n) is 8.57. The number of carbonyl (C=O) groups is 3. The van der Waals surface area contributed by atoms with Gasteiger partial charge in [0.25, 0.3) is 0 Å². The normalized spacial score (nSPS) is 10.5. The predicted octanol–water partition coefficient (Wildman–Crippen LogP) is 4.00. The number of ketones is 1. The summed E-state index contributed by atoms with van der Waals surface area (Å²) in [6.07, 6.45) is 0. The zero-order valence-corrected chi connectivity index (χ0v) is 15.6. The molecule has 2 rings (SSSR count). The van der Waals surface area contributed by atoms with Crippen LogP contribution in [0, 0.1) is 0 Å². The quantitative estimate of drug-likeness (QED) is 0.799. The molecule has 0 saturated carbocycles. The Morgan fingerprint density at radius 1 is 0.962 bits per heavy atom. The minimum atomic E-state index is -0.274. The highest BCUT2D eigenvalue weighted by Gasteiger charge is 2.17. The molecular formula is C21H24N2O3. The van der Waals surface area contributed by atoms with Crippen molar-refractivity contribution in [3.8, 4) is 0 Å². The summed E-state index contributed by atoms with van der Waals surface area (Å²) >= 11 is 0. The molecule has 0 unspecified atom stereocenters. The van der Waals surface area contributed by atoms with Crippen molar-refractivity contribution in [2.45, 2.75) is 33.6 Å². The van der Waals surface area contributed by atoms with Crippen molar-refractivity contribution in [2.24, 2.45) is 0 Å². The smallest absolute Gasteiger partial charge is 0.244 e. The van der Waals surface area contributed by atoms with E-state index < -0.39 is 0 Å². The number of amides is 2. The number of hydrogen-bond acceptors (Lipinski definition) is 3. The Hall–Kier alpha value is -2.95. The number of Topliss-reactive ketones (excluding diaryl/α,β-unsaturated/α-hetero) is 1. The van der Waals surface area contributed by atoms with Gasteiger partial charge in [-0.25, -0.2) is 0 Å². The average Bonchev–Trinajstić information content (AvgIpc) is 2.59. The predicted molar refractivity (Wildman–Crippen MR) is 104 cm³/mol. The summed E-state index contributed by atoms with van der Waals surface area (Å²) in [5.74, 6) is -0.291. The monoisotopic (exact) mass is 352 g/mol. The Balaban J connectivity index is 2.16. The van der Waals surface area contributed by atoms with Gasteiger partial charge in [-0.3, -0.25) is 14.4 Å². The van der Waals surface area contributed by atoms with E-state index >= 15 is 0 Å². The van der Waals surface area contributed by atoms with Crippen molar-refractivity contribution in [3.05, 3.63) is 59.7 Å². The van der Waals surface area contributed by atoms with E-state index in [1.54, 1.807) is 24.3 Å². The van der Waals surface area contributed by atoms with Gasteiger partial charge in [0, 0.05) is 23.9 Å². The number of carbonyl (C=O) groups excluding carboxylic acids is 3. The molecule has 2 aromatic rings. The van der Waals surface area contributed by atoms with E-state index in [1.165, 1.54) is 18.7 Å². The fraction of sp³-hybridized carbons (Fsp3) is 0.286. The van der Waals surface area contributed by atoms with Crippen LogP contribution in [0.5, 0.6) is 0 Å². The van der Waals surface area contributed by atoms with Gasteiger partial charge in [0.15, 0.2) is 5.78 Å². The summed E-state index contributed by atoms with van der Waals surface area (Å²) < 4.78 is 0. The zero-order chi connectivity index (χ0) is 19.3. The molecule has 0 bridgehead atoms. The lowest BCUT2D eigenvalue weighted by Gasteiger charge is -2.21. The van der Waals surface area contributed by atoms with Crippen molar-refractivity contribution in [1.82, 2.24) is 0 Å². The van der Waals surface area contributed by atoms with E-state index in [0.29, 0.717) is 11.3 Å². The lowest BCUT2D eigenvalue weighted by atomic mass is 10.0. The summed E-state index contributed by atoms with van der Waals surface area (Å²) in [6.45, 7) is 6.92. The number of benzene rings is 2. The van der Waals surface area contributed by atoms with Gasteiger partial charge in [0.05, 0.1) is 0 Å². The Morgan fingerprint density at radius 2 is 1.58 bits per heavy atom. The van der Waals surface area contributed by atoms with Crippen molar-refractivity contribution in [3.63, 3.8) is 0 Å². The molecule has 0 spiro atoms. The van der Waals surface area contributed by atoms with E-state index in [9.17, 15) is 14.4 Å². The number of nitrogens with zero attached hydrogens (tertiary/aromatic N) is 1. The van der Waals surface area contributed by atoms with Gasteiger partial charge in [0.2, 0.25) is 11.8 Å². The van der Waals surface area contributed by atoms with E-state index in [1.807, 2.05) is 24.3 Å². The molecule has 5 nitrogen and oxygen atoms in total. The molecule has 0 atom stereocenters. The molecule has 136 valence electrons. The number of para-hydroxylation sites is 1. The van der Waals surface area contributed by atoms with E-state index in [4.69, 9.17) is 0 Å². The number of anilines is 2. The highest BCUT2D eigenvalue weighted by molar-refractivity contribution is 6.02. The first-order chi connectivity index (χ1) is 12.3. The van der Waals surface area contributed by atoms with Crippen LogP contribution in [0.25, 0.3) is 0 Å². The van der Waals surface area contributed by atoms with Crippen LogP contribution in [0.3, 0.4) is 0 Å². The largest absolute Gasteiger partial charge is 0.324 e. The average molecular weight is 352 g/mol. The maximum absolute atomic E-state index is 12.5. The molecule has 0 aromatic heterocycles. The van der Waals surface area contributed by atoms with Crippen molar-refractivity contribution in [2.75, 3.05) is 16.8 Å². The molecule has 0 saturated heterocycles.